The molecule has 0 atom stereocenters. The van der Waals surface area contributed by atoms with Crippen LogP contribution in [0.1, 0.15) is 21.9 Å². The smallest absolute Gasteiger partial charge is 0.356 e. The zero-order valence-corrected chi connectivity index (χ0v) is 12.8. The highest BCUT2D eigenvalue weighted by molar-refractivity contribution is 5.93. The Kier molecular flexibility index (Phi) is 3.89. The number of carboxylic acid groups (broad SMARTS) is 1. The average Bonchev–Trinajstić information content (AvgIpc) is 2.93. The number of fused-ring (bicyclic) bond motifs is 1. The van der Waals surface area contributed by atoms with Gasteiger partial charge in [-0.05, 0) is 31.2 Å². The molecule has 3 rings (SSSR count). The van der Waals surface area contributed by atoms with Crippen LogP contribution in [0.5, 0.6) is 11.6 Å². The van der Waals surface area contributed by atoms with Gasteiger partial charge in [-0.25, -0.2) is 9.78 Å². The van der Waals surface area contributed by atoms with Crippen LogP contribution in [-0.4, -0.2) is 27.6 Å². The molecule has 0 bridgehead atoms. The van der Waals surface area contributed by atoms with E-state index >= 15 is 0 Å². The van der Waals surface area contributed by atoms with Gasteiger partial charge in [0.15, 0.2) is 17.4 Å². The third-order valence-electron chi connectivity index (χ3n) is 3.50. The highest BCUT2D eigenvalue weighted by Crippen LogP contribution is 2.22. The lowest BCUT2D eigenvalue weighted by Crippen LogP contribution is -2.03. The molecule has 0 saturated carbocycles. The van der Waals surface area contributed by atoms with Crippen molar-refractivity contribution in [3.8, 4) is 11.6 Å². The van der Waals surface area contributed by atoms with Gasteiger partial charge < -0.3 is 14.6 Å². The van der Waals surface area contributed by atoms with Crippen molar-refractivity contribution in [1.82, 2.24) is 9.38 Å². The second kappa shape index (κ2) is 6.00. The first kappa shape index (κ1) is 14.9. The second-order valence-electron chi connectivity index (χ2n) is 5.07. The quantitative estimate of drug-likeness (QED) is 0.784. The summed E-state index contributed by atoms with van der Waals surface area (Å²) >= 11 is 0. The molecule has 0 aliphatic rings. The van der Waals surface area contributed by atoms with Gasteiger partial charge in [-0.3, -0.25) is 4.40 Å². The third-order valence-corrected chi connectivity index (χ3v) is 3.50. The molecule has 3 aromatic rings. The van der Waals surface area contributed by atoms with Crippen molar-refractivity contribution in [2.75, 3.05) is 7.11 Å². The number of methoxy groups -OCH3 is 1. The minimum Gasteiger partial charge on any atom is -0.486 e. The summed E-state index contributed by atoms with van der Waals surface area (Å²) in [5.41, 5.74) is 1.59. The van der Waals surface area contributed by atoms with E-state index in [4.69, 9.17) is 9.47 Å². The van der Waals surface area contributed by atoms with Crippen LogP contribution in [0.25, 0.3) is 5.52 Å². The van der Waals surface area contributed by atoms with Gasteiger partial charge in [0.05, 0.1) is 12.6 Å². The van der Waals surface area contributed by atoms with Crippen LogP contribution in [0.15, 0.2) is 42.5 Å². The fourth-order valence-corrected chi connectivity index (χ4v) is 2.37. The van der Waals surface area contributed by atoms with Gasteiger partial charge in [-0.15, -0.1) is 0 Å². The monoisotopic (exact) mass is 312 g/mol. The minimum atomic E-state index is -1.09. The lowest BCUT2D eigenvalue weighted by Gasteiger charge is -2.09. The summed E-state index contributed by atoms with van der Waals surface area (Å²) < 4.78 is 12.7. The fraction of sp³-hybridized carbons (Fsp3) is 0.176. The van der Waals surface area contributed by atoms with Crippen LogP contribution < -0.4 is 9.47 Å². The number of aromatic carboxylic acids is 1. The van der Waals surface area contributed by atoms with Crippen molar-refractivity contribution in [1.29, 1.82) is 0 Å². The van der Waals surface area contributed by atoms with E-state index in [9.17, 15) is 9.90 Å². The first-order valence-electron chi connectivity index (χ1n) is 7.07. The third kappa shape index (κ3) is 2.83. The van der Waals surface area contributed by atoms with Gasteiger partial charge in [-0.2, -0.15) is 0 Å². The fourth-order valence-electron chi connectivity index (χ4n) is 2.37. The first-order valence-corrected chi connectivity index (χ1v) is 7.07. The van der Waals surface area contributed by atoms with E-state index in [1.54, 1.807) is 22.6 Å². The van der Waals surface area contributed by atoms with Gasteiger partial charge in [0.25, 0.3) is 0 Å². The molecular weight excluding hydrogens is 296 g/mol. The van der Waals surface area contributed by atoms with Crippen LogP contribution >= 0.6 is 0 Å². The molecule has 0 aliphatic carbocycles. The van der Waals surface area contributed by atoms with Crippen LogP contribution in [0.3, 0.4) is 0 Å². The Morgan fingerprint density at radius 2 is 1.96 bits per heavy atom. The van der Waals surface area contributed by atoms with Gasteiger partial charge >= 0.3 is 5.97 Å². The van der Waals surface area contributed by atoms with Crippen molar-refractivity contribution in [3.05, 3.63) is 59.5 Å². The number of nitrogens with zero attached hydrogens (tertiary/aromatic N) is 2. The van der Waals surface area contributed by atoms with Gasteiger partial charge in [-0.1, -0.05) is 23.8 Å². The number of hydrogen-bond acceptors (Lipinski definition) is 4. The predicted molar refractivity (Wildman–Crippen MR) is 84.2 cm³/mol. The number of benzene rings is 1. The van der Waals surface area contributed by atoms with Crippen molar-refractivity contribution in [2.24, 2.45) is 0 Å². The van der Waals surface area contributed by atoms with Gasteiger partial charge in [0.1, 0.15) is 12.4 Å². The number of carboxylic acids is 1. The number of aryl methyl sites for hydroxylation is 1. The molecule has 0 fully saturated rings. The summed E-state index contributed by atoms with van der Waals surface area (Å²) in [4.78, 5) is 15.6. The van der Waals surface area contributed by atoms with Crippen molar-refractivity contribution in [2.45, 2.75) is 13.5 Å². The van der Waals surface area contributed by atoms with E-state index in [0.29, 0.717) is 23.0 Å². The summed E-state index contributed by atoms with van der Waals surface area (Å²) in [5, 5.41) is 9.32. The van der Waals surface area contributed by atoms with Crippen molar-refractivity contribution < 1.29 is 19.4 Å². The number of imidazole rings is 1. The number of aromatic nitrogens is 2. The zero-order valence-electron chi connectivity index (χ0n) is 12.8. The molecule has 1 aromatic carbocycles. The van der Waals surface area contributed by atoms with Crippen LogP contribution in [0, 0.1) is 6.92 Å². The Bertz CT molecular complexity index is 853. The predicted octanol–water partition coefficient (Wildman–Crippen LogP) is 2.93. The molecular formula is C17H16N2O4. The van der Waals surface area contributed by atoms with E-state index in [1.165, 1.54) is 7.11 Å². The van der Waals surface area contributed by atoms with Gasteiger partial charge in [0.2, 0.25) is 0 Å². The molecule has 0 radical (unpaired) electrons. The molecule has 2 aromatic heterocycles. The SMILES string of the molecule is COc1cccc2c(C(=O)O)nc(COc3ccc(C)cc3)n12. The molecule has 23 heavy (non-hydrogen) atoms. The van der Waals surface area contributed by atoms with Crippen LogP contribution in [-0.2, 0) is 6.61 Å². The summed E-state index contributed by atoms with van der Waals surface area (Å²) in [7, 11) is 1.53. The lowest BCUT2D eigenvalue weighted by atomic mass is 10.2. The van der Waals surface area contributed by atoms with Crippen molar-refractivity contribution >= 4 is 11.5 Å². The van der Waals surface area contributed by atoms with Crippen LogP contribution in [0.4, 0.5) is 0 Å². The number of hydrogen-bond donors (Lipinski definition) is 1. The molecule has 6 nitrogen and oxygen atoms in total. The molecule has 0 saturated heterocycles. The normalized spacial score (nSPS) is 10.7. The maximum Gasteiger partial charge on any atom is 0.356 e. The Morgan fingerprint density at radius 1 is 1.22 bits per heavy atom. The minimum absolute atomic E-state index is 0.0218. The highest BCUT2D eigenvalue weighted by atomic mass is 16.5. The summed E-state index contributed by atoms with van der Waals surface area (Å²) in [6, 6.07) is 12.8. The van der Waals surface area contributed by atoms with E-state index in [1.807, 2.05) is 31.2 Å². The number of ether oxygens (including phenoxy) is 2. The summed E-state index contributed by atoms with van der Waals surface area (Å²) in [5.74, 6) is 0.580. The maximum absolute atomic E-state index is 11.4. The lowest BCUT2D eigenvalue weighted by molar-refractivity contribution is 0.0693. The van der Waals surface area contributed by atoms with Gasteiger partial charge in [0, 0.05) is 0 Å². The summed E-state index contributed by atoms with van der Waals surface area (Å²) in [6.45, 7) is 2.13. The van der Waals surface area contributed by atoms with E-state index in [0.717, 1.165) is 5.56 Å². The average molecular weight is 312 g/mol. The molecule has 0 unspecified atom stereocenters. The highest BCUT2D eigenvalue weighted by Gasteiger charge is 2.19. The molecule has 1 N–H and O–H groups in total. The summed E-state index contributed by atoms with van der Waals surface area (Å²) in [6.07, 6.45) is 0. The van der Waals surface area contributed by atoms with E-state index in [2.05, 4.69) is 4.98 Å². The Morgan fingerprint density at radius 3 is 2.61 bits per heavy atom. The Labute approximate surface area is 132 Å². The van der Waals surface area contributed by atoms with Crippen molar-refractivity contribution in [3.63, 3.8) is 0 Å². The number of rotatable bonds is 5. The molecule has 118 valence electrons. The second-order valence-corrected chi connectivity index (χ2v) is 5.07. The van der Waals surface area contributed by atoms with Crippen LogP contribution in [0.2, 0.25) is 0 Å². The first-order chi connectivity index (χ1) is 11.1. The number of pyridine rings is 1. The zero-order chi connectivity index (χ0) is 16.4. The van der Waals surface area contributed by atoms with E-state index < -0.39 is 5.97 Å². The Hall–Kier alpha value is -3.02. The Balaban J connectivity index is 1.99. The molecule has 0 spiro atoms. The maximum atomic E-state index is 11.4. The largest absolute Gasteiger partial charge is 0.486 e. The topological polar surface area (TPSA) is 73.1 Å². The molecule has 6 heteroatoms. The van der Waals surface area contributed by atoms with E-state index in [-0.39, 0.29) is 12.3 Å². The molecule has 0 amide bonds. The standard InChI is InChI=1S/C17H16N2O4/c1-11-6-8-12(9-7-11)23-10-14-18-16(17(20)21)13-4-3-5-15(22-2)19(13)14/h3-9H,10H2,1-2H3,(H,20,21). The molecule has 0 aliphatic heterocycles. The molecule has 2 heterocycles. The number of carbonyl (C=O) groups is 1.